The van der Waals surface area contributed by atoms with Gasteiger partial charge < -0.3 is 19.3 Å². The highest BCUT2D eigenvalue weighted by molar-refractivity contribution is 5.85. The minimum absolute atomic E-state index is 0. The molecule has 2 aromatic carbocycles. The Morgan fingerprint density at radius 1 is 1.20 bits per heavy atom. The van der Waals surface area contributed by atoms with Gasteiger partial charge in [0.05, 0.1) is 19.7 Å². The number of piperazine rings is 1. The molecule has 1 aliphatic heterocycles. The molecular formula is C21H24ClFN4O3. The number of halogens is 2. The van der Waals surface area contributed by atoms with Crippen LogP contribution >= 0.6 is 12.4 Å². The van der Waals surface area contributed by atoms with Crippen LogP contribution in [-0.4, -0.2) is 41.8 Å². The summed E-state index contributed by atoms with van der Waals surface area (Å²) in [5.41, 5.74) is 1.13. The minimum atomic E-state index is -0.306. The van der Waals surface area contributed by atoms with Gasteiger partial charge in [-0.1, -0.05) is 23.4 Å². The van der Waals surface area contributed by atoms with E-state index in [2.05, 4.69) is 26.4 Å². The third-order valence-electron chi connectivity index (χ3n) is 4.88. The average Bonchev–Trinajstić information content (AvgIpc) is 3.21. The van der Waals surface area contributed by atoms with Crippen LogP contribution in [0, 0.1) is 5.82 Å². The van der Waals surface area contributed by atoms with E-state index in [9.17, 15) is 4.39 Å². The summed E-state index contributed by atoms with van der Waals surface area (Å²) < 4.78 is 29.5. The number of nitrogens with one attached hydrogen (secondary N) is 1. The standard InChI is InChI=1S/C21H23FN4O3.ClH/c1-27-19-5-3-2-4-17(19)18-12-23-10-11-26(18)13-21-24-20(25-29-21)14-28-16-8-6-15(22)7-9-16;/h2-9,18,23H,10-14H2,1H3;1H. The van der Waals surface area contributed by atoms with Crippen molar-refractivity contribution in [2.75, 3.05) is 26.7 Å². The summed E-state index contributed by atoms with van der Waals surface area (Å²) in [7, 11) is 1.69. The fraction of sp³-hybridized carbons (Fsp3) is 0.333. The number of ether oxygens (including phenoxy) is 2. The van der Waals surface area contributed by atoms with Crippen molar-refractivity contribution in [3.05, 3.63) is 71.6 Å². The zero-order valence-electron chi connectivity index (χ0n) is 16.6. The van der Waals surface area contributed by atoms with Gasteiger partial charge in [-0.15, -0.1) is 12.4 Å². The SMILES string of the molecule is COc1ccccc1C1CNCCN1Cc1nc(COc2ccc(F)cc2)no1.Cl. The largest absolute Gasteiger partial charge is 0.496 e. The number of hydrogen-bond donors (Lipinski definition) is 1. The van der Waals surface area contributed by atoms with E-state index in [1.165, 1.54) is 12.1 Å². The molecule has 9 heteroatoms. The molecule has 0 radical (unpaired) electrons. The molecule has 2 heterocycles. The van der Waals surface area contributed by atoms with Crippen molar-refractivity contribution in [1.29, 1.82) is 0 Å². The van der Waals surface area contributed by atoms with Crippen LogP contribution in [0.25, 0.3) is 0 Å². The molecule has 4 rings (SSSR count). The third kappa shape index (κ3) is 5.27. The molecule has 1 atom stereocenters. The van der Waals surface area contributed by atoms with Crippen LogP contribution in [0.3, 0.4) is 0 Å². The van der Waals surface area contributed by atoms with E-state index in [4.69, 9.17) is 14.0 Å². The van der Waals surface area contributed by atoms with Gasteiger partial charge in [0.15, 0.2) is 6.61 Å². The number of rotatable bonds is 7. The fourth-order valence-corrected chi connectivity index (χ4v) is 3.45. The molecule has 0 spiro atoms. The van der Waals surface area contributed by atoms with Gasteiger partial charge >= 0.3 is 0 Å². The lowest BCUT2D eigenvalue weighted by atomic mass is 10.0. The predicted molar refractivity (Wildman–Crippen MR) is 111 cm³/mol. The lowest BCUT2D eigenvalue weighted by Crippen LogP contribution is -2.45. The quantitative estimate of drug-likeness (QED) is 0.611. The highest BCUT2D eigenvalue weighted by atomic mass is 35.5. The van der Waals surface area contributed by atoms with Crippen molar-refractivity contribution in [2.24, 2.45) is 0 Å². The molecule has 160 valence electrons. The Bertz CT molecular complexity index is 938. The van der Waals surface area contributed by atoms with Gasteiger partial charge in [0.2, 0.25) is 11.7 Å². The molecule has 0 bridgehead atoms. The number of para-hydroxylation sites is 1. The van der Waals surface area contributed by atoms with Crippen molar-refractivity contribution in [1.82, 2.24) is 20.4 Å². The monoisotopic (exact) mass is 434 g/mol. The Kier molecular flexibility index (Phi) is 7.62. The molecule has 7 nitrogen and oxygen atoms in total. The van der Waals surface area contributed by atoms with E-state index in [1.807, 2.05) is 18.2 Å². The topological polar surface area (TPSA) is 72.7 Å². The first-order chi connectivity index (χ1) is 14.2. The van der Waals surface area contributed by atoms with Gasteiger partial charge in [0.1, 0.15) is 17.3 Å². The fourth-order valence-electron chi connectivity index (χ4n) is 3.45. The Labute approximate surface area is 180 Å². The van der Waals surface area contributed by atoms with Gasteiger partial charge in [0.25, 0.3) is 0 Å². The second-order valence-electron chi connectivity index (χ2n) is 6.78. The summed E-state index contributed by atoms with van der Waals surface area (Å²) in [4.78, 5) is 6.74. The molecule has 0 saturated carbocycles. The van der Waals surface area contributed by atoms with Gasteiger partial charge in [-0.25, -0.2) is 4.39 Å². The van der Waals surface area contributed by atoms with E-state index in [1.54, 1.807) is 19.2 Å². The summed E-state index contributed by atoms with van der Waals surface area (Å²) in [6.07, 6.45) is 0. The van der Waals surface area contributed by atoms with Crippen molar-refractivity contribution < 1.29 is 18.4 Å². The van der Waals surface area contributed by atoms with E-state index < -0.39 is 0 Å². The van der Waals surface area contributed by atoms with Crippen molar-refractivity contribution in [3.63, 3.8) is 0 Å². The van der Waals surface area contributed by atoms with E-state index in [0.29, 0.717) is 24.0 Å². The lowest BCUT2D eigenvalue weighted by Gasteiger charge is -2.36. The maximum absolute atomic E-state index is 13.0. The van der Waals surface area contributed by atoms with Gasteiger partial charge in [-0.2, -0.15) is 4.98 Å². The van der Waals surface area contributed by atoms with E-state index in [0.717, 1.165) is 30.9 Å². The normalized spacial score (nSPS) is 16.7. The molecule has 0 aliphatic carbocycles. The molecule has 1 aliphatic rings. The first kappa shape index (κ1) is 22.0. The van der Waals surface area contributed by atoms with Crippen molar-refractivity contribution in [2.45, 2.75) is 19.2 Å². The van der Waals surface area contributed by atoms with Crippen molar-refractivity contribution in [3.8, 4) is 11.5 Å². The molecular weight excluding hydrogens is 411 g/mol. The molecule has 0 amide bonds. The molecule has 30 heavy (non-hydrogen) atoms. The maximum atomic E-state index is 13.0. The molecule has 1 aromatic heterocycles. The minimum Gasteiger partial charge on any atom is -0.496 e. The molecule has 3 aromatic rings. The number of nitrogens with zero attached hydrogens (tertiary/aromatic N) is 3. The second-order valence-corrected chi connectivity index (χ2v) is 6.78. The Morgan fingerprint density at radius 3 is 2.80 bits per heavy atom. The second kappa shape index (κ2) is 10.4. The molecule has 1 unspecified atom stereocenters. The van der Waals surface area contributed by atoms with Crippen LogP contribution in [0.5, 0.6) is 11.5 Å². The summed E-state index contributed by atoms with van der Waals surface area (Å²) in [5.74, 6) is 2.10. The van der Waals surface area contributed by atoms with Crippen LogP contribution in [-0.2, 0) is 13.2 Å². The van der Waals surface area contributed by atoms with Crippen LogP contribution in [0.15, 0.2) is 53.1 Å². The molecule has 1 N–H and O–H groups in total. The van der Waals surface area contributed by atoms with E-state index >= 15 is 0 Å². The first-order valence-electron chi connectivity index (χ1n) is 9.50. The van der Waals surface area contributed by atoms with Crippen LogP contribution in [0.2, 0.25) is 0 Å². The van der Waals surface area contributed by atoms with Gasteiger partial charge in [0, 0.05) is 25.2 Å². The summed E-state index contributed by atoms with van der Waals surface area (Å²) >= 11 is 0. The smallest absolute Gasteiger partial charge is 0.240 e. The van der Waals surface area contributed by atoms with Gasteiger partial charge in [-0.05, 0) is 30.3 Å². The highest BCUT2D eigenvalue weighted by Crippen LogP contribution is 2.31. The number of hydrogen-bond acceptors (Lipinski definition) is 7. The molecule has 1 saturated heterocycles. The number of benzene rings is 2. The Hall–Kier alpha value is -2.68. The zero-order chi connectivity index (χ0) is 20.1. The van der Waals surface area contributed by atoms with Crippen LogP contribution in [0.4, 0.5) is 4.39 Å². The summed E-state index contributed by atoms with van der Waals surface area (Å²) in [5, 5.41) is 7.43. The maximum Gasteiger partial charge on any atom is 0.240 e. The van der Waals surface area contributed by atoms with E-state index in [-0.39, 0.29) is 30.9 Å². The summed E-state index contributed by atoms with van der Waals surface area (Å²) in [6.45, 7) is 3.25. The highest BCUT2D eigenvalue weighted by Gasteiger charge is 2.27. The predicted octanol–water partition coefficient (Wildman–Crippen LogP) is 3.36. The Balaban J connectivity index is 0.00000256. The van der Waals surface area contributed by atoms with Crippen molar-refractivity contribution >= 4 is 12.4 Å². The first-order valence-corrected chi connectivity index (χ1v) is 9.50. The zero-order valence-corrected chi connectivity index (χ0v) is 17.4. The van der Waals surface area contributed by atoms with Crippen LogP contribution in [0.1, 0.15) is 23.3 Å². The van der Waals surface area contributed by atoms with Crippen LogP contribution < -0.4 is 14.8 Å². The average molecular weight is 435 g/mol. The summed E-state index contributed by atoms with van der Waals surface area (Å²) in [6, 6.07) is 14.0. The number of aromatic nitrogens is 2. The molecule has 1 fully saturated rings. The Morgan fingerprint density at radius 2 is 2.00 bits per heavy atom. The lowest BCUT2D eigenvalue weighted by molar-refractivity contribution is 0.133. The third-order valence-corrected chi connectivity index (χ3v) is 4.88. The van der Waals surface area contributed by atoms with Gasteiger partial charge in [-0.3, -0.25) is 4.90 Å². The number of methoxy groups -OCH3 is 1.